The van der Waals surface area contributed by atoms with E-state index in [4.69, 9.17) is 5.11 Å². The fourth-order valence-corrected chi connectivity index (χ4v) is 2.72. The molecule has 0 aromatic heterocycles. The Hall–Kier alpha value is -1.35. The summed E-state index contributed by atoms with van der Waals surface area (Å²) >= 11 is 0. The second kappa shape index (κ2) is 7.29. The first-order valence-electron chi connectivity index (χ1n) is 7.22. The van der Waals surface area contributed by atoms with Crippen molar-refractivity contribution in [3.63, 3.8) is 0 Å². The van der Waals surface area contributed by atoms with Crippen LogP contribution in [-0.2, 0) is 11.2 Å². The van der Waals surface area contributed by atoms with Crippen molar-refractivity contribution >= 4 is 5.91 Å². The number of carbonyl (C=O) groups excluding carboxylic acids is 1. The second-order valence-corrected chi connectivity index (χ2v) is 5.34. The summed E-state index contributed by atoms with van der Waals surface area (Å²) in [6.07, 6.45) is 4.39. The first kappa shape index (κ1) is 14.1. The summed E-state index contributed by atoms with van der Waals surface area (Å²) in [4.78, 5) is 13.8. The number of hydrogen-bond acceptors (Lipinski definition) is 2. The Morgan fingerprint density at radius 3 is 2.53 bits per heavy atom. The minimum absolute atomic E-state index is 0.107. The number of nitrogens with zero attached hydrogens (tertiary/aromatic N) is 1. The van der Waals surface area contributed by atoms with Gasteiger partial charge in [-0.05, 0) is 37.2 Å². The molecule has 0 bridgehead atoms. The minimum Gasteiger partial charge on any atom is -0.396 e. The fourth-order valence-electron chi connectivity index (χ4n) is 2.72. The number of aliphatic hydroxyl groups excluding tert-OH is 1. The van der Waals surface area contributed by atoms with Gasteiger partial charge in [-0.2, -0.15) is 0 Å². The van der Waals surface area contributed by atoms with Crippen molar-refractivity contribution in [3.05, 3.63) is 35.9 Å². The lowest BCUT2D eigenvalue weighted by molar-refractivity contribution is -0.132. The molecule has 1 heterocycles. The maximum absolute atomic E-state index is 11.8. The predicted molar refractivity (Wildman–Crippen MR) is 75.8 cm³/mol. The summed E-state index contributed by atoms with van der Waals surface area (Å²) < 4.78 is 0. The molecule has 1 aromatic carbocycles. The van der Waals surface area contributed by atoms with E-state index in [2.05, 4.69) is 24.3 Å². The first-order valence-corrected chi connectivity index (χ1v) is 7.22. The standard InChI is InChI=1S/C16H23NO2/c18-12-4-7-16(19)17-10-8-15(9-11-17)13-14-5-2-1-3-6-14/h1-3,5-6,15,18H,4,7-13H2. The van der Waals surface area contributed by atoms with Crippen molar-refractivity contribution in [2.45, 2.75) is 32.1 Å². The highest BCUT2D eigenvalue weighted by Gasteiger charge is 2.22. The zero-order valence-corrected chi connectivity index (χ0v) is 11.4. The molecule has 1 N–H and O–H groups in total. The van der Waals surface area contributed by atoms with Gasteiger partial charge in [-0.25, -0.2) is 0 Å². The summed E-state index contributed by atoms with van der Waals surface area (Å²) in [5.74, 6) is 0.900. The number of carbonyl (C=O) groups is 1. The Labute approximate surface area is 115 Å². The molecule has 1 saturated heterocycles. The Morgan fingerprint density at radius 1 is 1.21 bits per heavy atom. The number of hydrogen-bond donors (Lipinski definition) is 1. The van der Waals surface area contributed by atoms with Crippen LogP contribution in [0.15, 0.2) is 30.3 Å². The van der Waals surface area contributed by atoms with Gasteiger partial charge in [0.05, 0.1) is 0 Å². The number of aliphatic hydroxyl groups is 1. The van der Waals surface area contributed by atoms with E-state index in [1.54, 1.807) is 0 Å². The van der Waals surface area contributed by atoms with Crippen LogP contribution in [0.3, 0.4) is 0 Å². The molecular weight excluding hydrogens is 238 g/mol. The van der Waals surface area contributed by atoms with Gasteiger partial charge in [-0.1, -0.05) is 30.3 Å². The van der Waals surface area contributed by atoms with Gasteiger partial charge in [-0.15, -0.1) is 0 Å². The van der Waals surface area contributed by atoms with Gasteiger partial charge in [0.15, 0.2) is 0 Å². The molecule has 0 aliphatic carbocycles. The Bertz CT molecular complexity index is 383. The highest BCUT2D eigenvalue weighted by atomic mass is 16.3. The molecule has 1 amide bonds. The third-order valence-electron chi connectivity index (χ3n) is 3.88. The Kier molecular flexibility index (Phi) is 5.40. The first-order chi connectivity index (χ1) is 9.29. The molecule has 1 fully saturated rings. The largest absolute Gasteiger partial charge is 0.396 e. The average molecular weight is 261 g/mol. The molecule has 0 radical (unpaired) electrons. The molecule has 19 heavy (non-hydrogen) atoms. The summed E-state index contributed by atoms with van der Waals surface area (Å²) in [5, 5.41) is 8.75. The molecule has 2 rings (SSSR count). The molecule has 0 unspecified atom stereocenters. The van der Waals surface area contributed by atoms with Crippen molar-refractivity contribution < 1.29 is 9.90 Å². The van der Waals surface area contributed by atoms with Crippen molar-refractivity contribution in [2.24, 2.45) is 5.92 Å². The van der Waals surface area contributed by atoms with Crippen LogP contribution in [0.1, 0.15) is 31.2 Å². The van der Waals surface area contributed by atoms with Crippen molar-refractivity contribution in [1.29, 1.82) is 0 Å². The van der Waals surface area contributed by atoms with Crippen LogP contribution in [0.4, 0.5) is 0 Å². The van der Waals surface area contributed by atoms with Crippen LogP contribution in [-0.4, -0.2) is 35.6 Å². The van der Waals surface area contributed by atoms with Crippen LogP contribution in [0, 0.1) is 5.92 Å². The molecule has 3 heteroatoms. The molecule has 0 saturated carbocycles. The lowest BCUT2D eigenvalue weighted by atomic mass is 9.90. The lowest BCUT2D eigenvalue weighted by Crippen LogP contribution is -2.38. The smallest absolute Gasteiger partial charge is 0.222 e. The van der Waals surface area contributed by atoms with Gasteiger partial charge in [-0.3, -0.25) is 4.79 Å². The van der Waals surface area contributed by atoms with Gasteiger partial charge >= 0.3 is 0 Å². The molecule has 3 nitrogen and oxygen atoms in total. The number of amides is 1. The number of piperidine rings is 1. The lowest BCUT2D eigenvalue weighted by Gasteiger charge is -2.32. The quantitative estimate of drug-likeness (QED) is 0.883. The fraction of sp³-hybridized carbons (Fsp3) is 0.562. The Morgan fingerprint density at radius 2 is 1.89 bits per heavy atom. The molecule has 0 spiro atoms. The van der Waals surface area contributed by atoms with Crippen molar-refractivity contribution in [3.8, 4) is 0 Å². The van der Waals surface area contributed by atoms with Gasteiger partial charge in [0, 0.05) is 26.1 Å². The van der Waals surface area contributed by atoms with E-state index in [0.29, 0.717) is 18.8 Å². The third kappa shape index (κ3) is 4.35. The van der Waals surface area contributed by atoms with Crippen LogP contribution in [0.2, 0.25) is 0 Å². The van der Waals surface area contributed by atoms with E-state index in [-0.39, 0.29) is 12.5 Å². The van der Waals surface area contributed by atoms with Gasteiger partial charge in [0.25, 0.3) is 0 Å². The van der Waals surface area contributed by atoms with Crippen molar-refractivity contribution in [2.75, 3.05) is 19.7 Å². The highest BCUT2D eigenvalue weighted by Crippen LogP contribution is 2.22. The normalized spacial score (nSPS) is 16.6. The van der Waals surface area contributed by atoms with E-state index < -0.39 is 0 Å². The molecular formula is C16H23NO2. The van der Waals surface area contributed by atoms with Gasteiger partial charge < -0.3 is 10.0 Å². The minimum atomic E-state index is 0.107. The maximum atomic E-state index is 11.8. The van der Waals surface area contributed by atoms with Crippen LogP contribution in [0.5, 0.6) is 0 Å². The maximum Gasteiger partial charge on any atom is 0.222 e. The molecule has 1 aliphatic heterocycles. The summed E-state index contributed by atoms with van der Waals surface area (Å²) in [5.41, 5.74) is 1.40. The van der Waals surface area contributed by atoms with Crippen LogP contribution < -0.4 is 0 Å². The second-order valence-electron chi connectivity index (χ2n) is 5.34. The zero-order valence-electron chi connectivity index (χ0n) is 11.4. The Balaban J connectivity index is 1.75. The van der Waals surface area contributed by atoms with E-state index in [9.17, 15) is 4.79 Å². The van der Waals surface area contributed by atoms with Crippen LogP contribution in [0.25, 0.3) is 0 Å². The molecule has 1 aromatic rings. The SMILES string of the molecule is O=C(CCCO)N1CCC(Cc2ccccc2)CC1. The topological polar surface area (TPSA) is 40.5 Å². The number of rotatable bonds is 5. The van der Waals surface area contributed by atoms with Crippen LogP contribution >= 0.6 is 0 Å². The molecule has 1 aliphatic rings. The zero-order chi connectivity index (χ0) is 13.5. The monoisotopic (exact) mass is 261 g/mol. The predicted octanol–water partition coefficient (Wildman–Crippen LogP) is 2.24. The third-order valence-corrected chi connectivity index (χ3v) is 3.88. The van der Waals surface area contributed by atoms with E-state index >= 15 is 0 Å². The number of benzene rings is 1. The van der Waals surface area contributed by atoms with E-state index in [0.717, 1.165) is 32.4 Å². The molecule has 104 valence electrons. The van der Waals surface area contributed by atoms with E-state index in [1.807, 2.05) is 11.0 Å². The van der Waals surface area contributed by atoms with Crippen molar-refractivity contribution in [1.82, 2.24) is 4.90 Å². The summed E-state index contributed by atoms with van der Waals surface area (Å²) in [6.45, 7) is 1.86. The van der Waals surface area contributed by atoms with Gasteiger partial charge in [0.1, 0.15) is 0 Å². The van der Waals surface area contributed by atoms with Gasteiger partial charge in [0.2, 0.25) is 5.91 Å². The van der Waals surface area contributed by atoms with E-state index in [1.165, 1.54) is 5.56 Å². The average Bonchev–Trinajstić information content (AvgIpc) is 2.46. The summed E-state index contributed by atoms with van der Waals surface area (Å²) in [7, 11) is 0. The molecule has 0 atom stereocenters. The summed E-state index contributed by atoms with van der Waals surface area (Å²) in [6, 6.07) is 10.6. The highest BCUT2D eigenvalue weighted by molar-refractivity contribution is 5.76. The number of likely N-dealkylation sites (tertiary alicyclic amines) is 1.